The first-order valence-electron chi connectivity index (χ1n) is 5.39. The number of carbonyl (C=O) groups is 1. The molecule has 3 N–H and O–H groups in total. The Hall–Kier alpha value is -1.97. The number of nitrogens with one attached hydrogen (secondary N) is 1. The van der Waals surface area contributed by atoms with Gasteiger partial charge in [-0.3, -0.25) is 4.79 Å². The zero-order valence-corrected chi connectivity index (χ0v) is 10.3. The van der Waals surface area contributed by atoms with Crippen LogP contribution in [0, 0.1) is 18.3 Å². The van der Waals surface area contributed by atoms with Crippen molar-refractivity contribution in [1.82, 2.24) is 10.3 Å². The lowest BCUT2D eigenvalue weighted by Crippen LogP contribution is -2.43. The summed E-state index contributed by atoms with van der Waals surface area (Å²) in [5, 5.41) is 29.6. The van der Waals surface area contributed by atoms with Gasteiger partial charge in [-0.15, -0.1) is 0 Å². The summed E-state index contributed by atoms with van der Waals surface area (Å²) in [4.78, 5) is 15.7. The fourth-order valence-electron chi connectivity index (χ4n) is 1.22. The van der Waals surface area contributed by atoms with Crippen molar-refractivity contribution in [2.75, 3.05) is 13.2 Å². The van der Waals surface area contributed by atoms with Gasteiger partial charge in [0, 0.05) is 6.54 Å². The van der Waals surface area contributed by atoms with Crippen molar-refractivity contribution < 1.29 is 15.0 Å². The Kier molecular flexibility index (Phi) is 4.37. The molecule has 0 aliphatic heterocycles. The maximum Gasteiger partial charge on any atom is 0.269 e. The number of carbonyl (C=O) groups excluding carboxylic acids is 1. The number of pyridine rings is 1. The van der Waals surface area contributed by atoms with E-state index in [0.717, 1.165) is 0 Å². The molecule has 96 valence electrons. The molecule has 1 aromatic rings. The van der Waals surface area contributed by atoms with Crippen molar-refractivity contribution in [3.63, 3.8) is 0 Å². The number of hydrogen-bond donors (Lipinski definition) is 3. The Morgan fingerprint density at radius 1 is 1.61 bits per heavy atom. The van der Waals surface area contributed by atoms with E-state index in [1.54, 1.807) is 6.92 Å². The van der Waals surface area contributed by atoms with Crippen molar-refractivity contribution in [1.29, 1.82) is 5.26 Å². The fourth-order valence-corrected chi connectivity index (χ4v) is 1.22. The second-order valence-electron chi connectivity index (χ2n) is 4.28. The van der Waals surface area contributed by atoms with E-state index in [1.165, 1.54) is 19.1 Å². The quantitative estimate of drug-likeness (QED) is 0.681. The molecule has 18 heavy (non-hydrogen) atoms. The van der Waals surface area contributed by atoms with Gasteiger partial charge in [-0.2, -0.15) is 5.26 Å². The molecule has 6 heteroatoms. The molecule has 1 unspecified atom stereocenters. The van der Waals surface area contributed by atoms with E-state index in [1.807, 2.05) is 6.07 Å². The van der Waals surface area contributed by atoms with Crippen LogP contribution in [0.15, 0.2) is 12.1 Å². The second kappa shape index (κ2) is 5.58. The topological polar surface area (TPSA) is 106 Å². The summed E-state index contributed by atoms with van der Waals surface area (Å²) >= 11 is 0. The van der Waals surface area contributed by atoms with Crippen molar-refractivity contribution in [3.05, 3.63) is 29.1 Å². The normalized spacial score (nSPS) is 13.5. The highest BCUT2D eigenvalue weighted by atomic mass is 16.3. The number of hydrogen-bond acceptors (Lipinski definition) is 5. The minimum atomic E-state index is -1.36. The molecule has 1 aromatic heterocycles. The molecule has 0 saturated heterocycles. The third-order valence-electron chi connectivity index (χ3n) is 2.41. The van der Waals surface area contributed by atoms with Gasteiger partial charge >= 0.3 is 0 Å². The minimum absolute atomic E-state index is 0.0803. The number of aryl methyl sites for hydroxylation is 1. The van der Waals surface area contributed by atoms with Crippen LogP contribution >= 0.6 is 0 Å². The summed E-state index contributed by atoms with van der Waals surface area (Å²) in [6.07, 6.45) is 0. The lowest BCUT2D eigenvalue weighted by atomic mass is 10.1. The predicted octanol–water partition coefficient (Wildman–Crippen LogP) is -0.265. The van der Waals surface area contributed by atoms with Gasteiger partial charge in [-0.05, 0) is 26.0 Å². The number of nitriles is 1. The zero-order chi connectivity index (χ0) is 13.8. The number of aliphatic hydroxyl groups is 2. The smallest absolute Gasteiger partial charge is 0.269 e. The molecular weight excluding hydrogens is 234 g/mol. The molecule has 0 aromatic carbocycles. The molecule has 0 radical (unpaired) electrons. The molecular formula is C12H15N3O3. The van der Waals surface area contributed by atoms with E-state index < -0.39 is 18.1 Å². The summed E-state index contributed by atoms with van der Waals surface area (Å²) in [7, 11) is 0. The molecule has 1 atom stereocenters. The summed E-state index contributed by atoms with van der Waals surface area (Å²) < 4.78 is 0. The van der Waals surface area contributed by atoms with Crippen LogP contribution in [0.25, 0.3) is 0 Å². The first kappa shape index (κ1) is 14.1. The standard InChI is InChI=1S/C12H15N3O3/c1-8-9(5-13)3-4-10(15-8)11(17)14-6-12(2,18)7-16/h3-4,16,18H,6-7H2,1-2H3,(H,14,17). The fraction of sp³-hybridized carbons (Fsp3) is 0.417. The molecule has 0 bridgehead atoms. The monoisotopic (exact) mass is 249 g/mol. The predicted molar refractivity (Wildman–Crippen MR) is 63.7 cm³/mol. The first-order valence-corrected chi connectivity index (χ1v) is 5.39. The summed E-state index contributed by atoms with van der Waals surface area (Å²) in [5.41, 5.74) is -0.315. The van der Waals surface area contributed by atoms with Crippen molar-refractivity contribution in [2.45, 2.75) is 19.4 Å². The molecule has 1 amide bonds. The SMILES string of the molecule is Cc1nc(C(=O)NCC(C)(O)CO)ccc1C#N. The largest absolute Gasteiger partial charge is 0.393 e. The van der Waals surface area contributed by atoms with Gasteiger partial charge < -0.3 is 15.5 Å². The van der Waals surface area contributed by atoms with Gasteiger partial charge in [-0.25, -0.2) is 4.98 Å². The number of aliphatic hydroxyl groups excluding tert-OH is 1. The van der Waals surface area contributed by atoms with E-state index in [4.69, 9.17) is 10.4 Å². The van der Waals surface area contributed by atoms with Gasteiger partial charge in [0.2, 0.25) is 0 Å². The third kappa shape index (κ3) is 3.52. The van der Waals surface area contributed by atoms with Crippen LogP contribution in [-0.4, -0.2) is 39.9 Å². The van der Waals surface area contributed by atoms with Crippen LogP contribution in [0.5, 0.6) is 0 Å². The summed E-state index contributed by atoms with van der Waals surface area (Å²) in [6.45, 7) is 2.51. The molecule has 1 rings (SSSR count). The Balaban J connectivity index is 2.74. The van der Waals surface area contributed by atoms with E-state index >= 15 is 0 Å². The Bertz CT molecular complexity index is 492. The van der Waals surface area contributed by atoms with E-state index in [-0.39, 0.29) is 12.2 Å². The van der Waals surface area contributed by atoms with E-state index in [2.05, 4.69) is 10.3 Å². The highest BCUT2D eigenvalue weighted by Crippen LogP contribution is 2.06. The van der Waals surface area contributed by atoms with Gasteiger partial charge in [0.25, 0.3) is 5.91 Å². The molecule has 6 nitrogen and oxygen atoms in total. The Labute approximate surface area is 105 Å². The van der Waals surface area contributed by atoms with Crippen molar-refractivity contribution in [3.8, 4) is 6.07 Å². The van der Waals surface area contributed by atoms with Crippen LogP contribution < -0.4 is 5.32 Å². The molecule has 1 heterocycles. The molecule has 0 aliphatic rings. The Morgan fingerprint density at radius 3 is 2.78 bits per heavy atom. The van der Waals surface area contributed by atoms with Gasteiger partial charge in [0.1, 0.15) is 17.4 Å². The number of rotatable bonds is 4. The summed E-state index contributed by atoms with van der Waals surface area (Å²) in [6, 6.07) is 4.91. The summed E-state index contributed by atoms with van der Waals surface area (Å²) in [5.74, 6) is -0.462. The molecule has 0 saturated carbocycles. The molecule has 0 aliphatic carbocycles. The van der Waals surface area contributed by atoms with Crippen LogP contribution in [0.2, 0.25) is 0 Å². The zero-order valence-electron chi connectivity index (χ0n) is 10.3. The van der Waals surface area contributed by atoms with Crippen molar-refractivity contribution in [2.24, 2.45) is 0 Å². The Morgan fingerprint density at radius 2 is 2.28 bits per heavy atom. The van der Waals surface area contributed by atoms with Crippen LogP contribution in [0.4, 0.5) is 0 Å². The highest BCUT2D eigenvalue weighted by Gasteiger charge is 2.20. The van der Waals surface area contributed by atoms with Crippen LogP contribution in [0.1, 0.15) is 28.7 Å². The van der Waals surface area contributed by atoms with Crippen LogP contribution in [0.3, 0.4) is 0 Å². The third-order valence-corrected chi connectivity index (χ3v) is 2.41. The maximum absolute atomic E-state index is 11.7. The minimum Gasteiger partial charge on any atom is -0.393 e. The van der Waals surface area contributed by atoms with Gasteiger partial charge in [0.05, 0.1) is 17.9 Å². The number of amides is 1. The second-order valence-corrected chi connectivity index (χ2v) is 4.28. The van der Waals surface area contributed by atoms with Gasteiger partial charge in [0.15, 0.2) is 0 Å². The lowest BCUT2D eigenvalue weighted by Gasteiger charge is -2.20. The molecule has 0 spiro atoms. The van der Waals surface area contributed by atoms with E-state index in [0.29, 0.717) is 11.3 Å². The number of nitrogens with zero attached hydrogens (tertiary/aromatic N) is 2. The average Bonchev–Trinajstić information content (AvgIpc) is 2.36. The van der Waals surface area contributed by atoms with Crippen LogP contribution in [-0.2, 0) is 0 Å². The van der Waals surface area contributed by atoms with Crippen molar-refractivity contribution >= 4 is 5.91 Å². The average molecular weight is 249 g/mol. The number of aromatic nitrogens is 1. The first-order chi connectivity index (χ1) is 8.39. The molecule has 0 fully saturated rings. The maximum atomic E-state index is 11.7. The van der Waals surface area contributed by atoms with Gasteiger partial charge in [-0.1, -0.05) is 0 Å². The highest BCUT2D eigenvalue weighted by molar-refractivity contribution is 5.92. The van der Waals surface area contributed by atoms with E-state index in [9.17, 15) is 9.90 Å². The lowest BCUT2D eigenvalue weighted by molar-refractivity contribution is 0.00316.